The maximum absolute atomic E-state index is 5.42. The topological polar surface area (TPSA) is 55.3 Å². The Morgan fingerprint density at radius 1 is 1.18 bits per heavy atom. The molecule has 3 heteroatoms. The Labute approximate surface area is 69.0 Å². The highest BCUT2D eigenvalue weighted by atomic mass is 15.1. The molecule has 0 rings (SSSR count). The molecule has 0 amide bonds. The fourth-order valence-electron chi connectivity index (χ4n) is 0.914. The van der Waals surface area contributed by atoms with Crippen molar-refractivity contribution < 1.29 is 0 Å². The number of allylic oxidation sites excluding steroid dienone is 1. The second kappa shape index (κ2) is 7.72. The Hall–Kier alpha value is -0.380. The van der Waals surface area contributed by atoms with Gasteiger partial charge in [0, 0.05) is 32.7 Å². The van der Waals surface area contributed by atoms with Crippen molar-refractivity contribution >= 4 is 0 Å². The van der Waals surface area contributed by atoms with Gasteiger partial charge in [-0.15, -0.1) is 0 Å². The Morgan fingerprint density at radius 3 is 2.09 bits per heavy atom. The SMILES string of the molecule is C/C=C/CN(CCN)CCN. The van der Waals surface area contributed by atoms with Crippen LogP contribution in [0, 0.1) is 0 Å². The molecule has 0 aliphatic rings. The Balaban J connectivity index is 3.50. The van der Waals surface area contributed by atoms with Gasteiger partial charge in [-0.1, -0.05) is 12.2 Å². The van der Waals surface area contributed by atoms with Gasteiger partial charge < -0.3 is 11.5 Å². The molecular weight excluding hydrogens is 138 g/mol. The lowest BCUT2D eigenvalue weighted by atomic mass is 10.4. The third kappa shape index (κ3) is 6.04. The average molecular weight is 157 g/mol. The molecule has 11 heavy (non-hydrogen) atoms. The van der Waals surface area contributed by atoms with Crippen LogP contribution in [0.15, 0.2) is 12.2 Å². The first-order chi connectivity index (χ1) is 5.35. The van der Waals surface area contributed by atoms with Crippen molar-refractivity contribution in [2.24, 2.45) is 11.5 Å². The third-order valence-corrected chi connectivity index (χ3v) is 1.49. The monoisotopic (exact) mass is 157 g/mol. The van der Waals surface area contributed by atoms with Gasteiger partial charge in [0.2, 0.25) is 0 Å². The molecule has 66 valence electrons. The van der Waals surface area contributed by atoms with Crippen molar-refractivity contribution in [3.05, 3.63) is 12.2 Å². The zero-order valence-electron chi connectivity index (χ0n) is 7.29. The summed E-state index contributed by atoms with van der Waals surface area (Å²) in [4.78, 5) is 2.24. The lowest BCUT2D eigenvalue weighted by molar-refractivity contribution is 0.319. The molecule has 4 N–H and O–H groups in total. The first-order valence-corrected chi connectivity index (χ1v) is 4.08. The minimum absolute atomic E-state index is 0.706. The maximum atomic E-state index is 5.42. The van der Waals surface area contributed by atoms with Crippen LogP contribution in [-0.2, 0) is 0 Å². The summed E-state index contributed by atoms with van der Waals surface area (Å²) < 4.78 is 0. The van der Waals surface area contributed by atoms with Crippen LogP contribution in [0.2, 0.25) is 0 Å². The number of nitrogens with zero attached hydrogens (tertiary/aromatic N) is 1. The van der Waals surface area contributed by atoms with Gasteiger partial charge in [-0.2, -0.15) is 0 Å². The molecule has 0 radical (unpaired) electrons. The molecule has 0 aromatic rings. The summed E-state index contributed by atoms with van der Waals surface area (Å²) in [5, 5.41) is 0. The molecule has 0 aromatic carbocycles. The van der Waals surface area contributed by atoms with Crippen molar-refractivity contribution in [3.8, 4) is 0 Å². The highest BCUT2D eigenvalue weighted by Gasteiger charge is 1.97. The first kappa shape index (κ1) is 10.6. The lowest BCUT2D eigenvalue weighted by Crippen LogP contribution is -2.33. The van der Waals surface area contributed by atoms with Gasteiger partial charge in [-0.3, -0.25) is 4.90 Å². The Morgan fingerprint density at radius 2 is 1.73 bits per heavy atom. The average Bonchev–Trinajstić information content (AvgIpc) is 2.01. The highest BCUT2D eigenvalue weighted by Crippen LogP contribution is 1.85. The van der Waals surface area contributed by atoms with E-state index in [0.29, 0.717) is 13.1 Å². The molecule has 0 aromatic heterocycles. The summed E-state index contributed by atoms with van der Waals surface area (Å²) in [6.45, 7) is 6.26. The lowest BCUT2D eigenvalue weighted by Gasteiger charge is -2.18. The van der Waals surface area contributed by atoms with Crippen LogP contribution in [0.25, 0.3) is 0 Å². The van der Waals surface area contributed by atoms with E-state index in [4.69, 9.17) is 11.5 Å². The van der Waals surface area contributed by atoms with Crippen LogP contribution in [0.3, 0.4) is 0 Å². The predicted octanol–water partition coefficient (Wildman–Crippen LogP) is -0.218. The summed E-state index contributed by atoms with van der Waals surface area (Å²) in [7, 11) is 0. The van der Waals surface area contributed by atoms with E-state index in [2.05, 4.69) is 11.0 Å². The summed E-state index contributed by atoms with van der Waals surface area (Å²) in [6, 6.07) is 0. The number of hydrogen-bond acceptors (Lipinski definition) is 3. The zero-order chi connectivity index (χ0) is 8.53. The van der Waals surface area contributed by atoms with Crippen molar-refractivity contribution in [2.45, 2.75) is 6.92 Å². The predicted molar refractivity (Wildman–Crippen MR) is 49.4 cm³/mol. The van der Waals surface area contributed by atoms with Gasteiger partial charge in [0.25, 0.3) is 0 Å². The molecule has 0 aliphatic heterocycles. The molecule has 0 aliphatic carbocycles. The Kier molecular flexibility index (Phi) is 7.46. The van der Waals surface area contributed by atoms with Gasteiger partial charge >= 0.3 is 0 Å². The van der Waals surface area contributed by atoms with Gasteiger partial charge in [0.1, 0.15) is 0 Å². The second-order valence-corrected chi connectivity index (χ2v) is 2.45. The molecule has 0 saturated carbocycles. The van der Waals surface area contributed by atoms with Crippen molar-refractivity contribution in [1.82, 2.24) is 4.90 Å². The summed E-state index contributed by atoms with van der Waals surface area (Å²) in [5.74, 6) is 0. The van der Waals surface area contributed by atoms with E-state index in [-0.39, 0.29) is 0 Å². The normalized spacial score (nSPS) is 11.6. The van der Waals surface area contributed by atoms with Gasteiger partial charge in [-0.05, 0) is 6.92 Å². The van der Waals surface area contributed by atoms with Crippen LogP contribution < -0.4 is 11.5 Å². The zero-order valence-corrected chi connectivity index (χ0v) is 7.29. The fourth-order valence-corrected chi connectivity index (χ4v) is 0.914. The van der Waals surface area contributed by atoms with Crippen LogP contribution in [-0.4, -0.2) is 37.6 Å². The number of rotatable bonds is 6. The van der Waals surface area contributed by atoms with Gasteiger partial charge in [0.15, 0.2) is 0 Å². The molecule has 0 saturated heterocycles. The quantitative estimate of drug-likeness (QED) is 0.524. The minimum Gasteiger partial charge on any atom is -0.329 e. The smallest absolute Gasteiger partial charge is 0.0164 e. The van der Waals surface area contributed by atoms with Gasteiger partial charge in [0.05, 0.1) is 0 Å². The minimum atomic E-state index is 0.706. The van der Waals surface area contributed by atoms with E-state index in [1.54, 1.807) is 0 Å². The van der Waals surface area contributed by atoms with Crippen LogP contribution in [0.5, 0.6) is 0 Å². The maximum Gasteiger partial charge on any atom is 0.0164 e. The van der Waals surface area contributed by atoms with Crippen LogP contribution in [0.4, 0.5) is 0 Å². The molecule has 0 unspecified atom stereocenters. The molecule has 0 heterocycles. The molecule has 0 spiro atoms. The van der Waals surface area contributed by atoms with Crippen molar-refractivity contribution in [3.63, 3.8) is 0 Å². The van der Waals surface area contributed by atoms with Crippen LogP contribution >= 0.6 is 0 Å². The highest BCUT2D eigenvalue weighted by molar-refractivity contribution is 4.81. The first-order valence-electron chi connectivity index (χ1n) is 4.08. The summed E-state index contributed by atoms with van der Waals surface area (Å²) in [5.41, 5.74) is 10.8. The fraction of sp³-hybridized carbons (Fsp3) is 0.750. The largest absolute Gasteiger partial charge is 0.329 e. The molecule has 0 atom stereocenters. The van der Waals surface area contributed by atoms with E-state index in [1.165, 1.54) is 0 Å². The molecule has 0 bridgehead atoms. The summed E-state index contributed by atoms with van der Waals surface area (Å²) in [6.07, 6.45) is 4.16. The van der Waals surface area contributed by atoms with Gasteiger partial charge in [-0.25, -0.2) is 0 Å². The van der Waals surface area contributed by atoms with Crippen molar-refractivity contribution in [1.29, 1.82) is 0 Å². The molecule has 3 nitrogen and oxygen atoms in total. The van der Waals surface area contributed by atoms with E-state index < -0.39 is 0 Å². The van der Waals surface area contributed by atoms with E-state index in [0.717, 1.165) is 19.6 Å². The van der Waals surface area contributed by atoms with E-state index in [1.807, 2.05) is 13.0 Å². The Bertz CT molecular complexity index is 95.5. The molecule has 0 fully saturated rings. The number of hydrogen-bond donors (Lipinski definition) is 2. The number of nitrogens with two attached hydrogens (primary N) is 2. The summed E-state index contributed by atoms with van der Waals surface area (Å²) >= 11 is 0. The van der Waals surface area contributed by atoms with E-state index >= 15 is 0 Å². The molecular formula is C8H19N3. The third-order valence-electron chi connectivity index (χ3n) is 1.49. The second-order valence-electron chi connectivity index (χ2n) is 2.45. The van der Waals surface area contributed by atoms with E-state index in [9.17, 15) is 0 Å². The van der Waals surface area contributed by atoms with Crippen LogP contribution in [0.1, 0.15) is 6.92 Å². The standard InChI is InChI=1S/C8H19N3/c1-2-3-6-11(7-4-9)8-5-10/h2-3H,4-10H2,1H3/b3-2+. The van der Waals surface area contributed by atoms with Crippen molar-refractivity contribution in [2.75, 3.05) is 32.7 Å².